The van der Waals surface area contributed by atoms with E-state index < -0.39 is 0 Å². The first-order chi connectivity index (χ1) is 11.3. The van der Waals surface area contributed by atoms with Crippen LogP contribution >= 0.6 is 11.3 Å². The fraction of sp³-hybridized carbons (Fsp3) is 0.111. The minimum absolute atomic E-state index is 0.488. The number of aromatic nitrogens is 1. The van der Waals surface area contributed by atoms with Crippen LogP contribution in [-0.2, 0) is 0 Å². The summed E-state index contributed by atoms with van der Waals surface area (Å²) in [4.78, 5) is 4.55. The Morgan fingerprint density at radius 3 is 2.83 bits per heavy atom. The molecule has 5 heteroatoms. The van der Waals surface area contributed by atoms with Gasteiger partial charge in [-0.3, -0.25) is 0 Å². The average molecular weight is 322 g/mol. The zero-order valence-corrected chi connectivity index (χ0v) is 13.3. The van der Waals surface area contributed by atoms with Gasteiger partial charge in [0.2, 0.25) is 0 Å². The third-order valence-electron chi connectivity index (χ3n) is 3.15. The van der Waals surface area contributed by atoms with E-state index in [0.717, 1.165) is 17.0 Å². The lowest BCUT2D eigenvalue weighted by atomic mass is 10.1. The largest absolute Gasteiger partial charge is 0.494 e. The van der Waals surface area contributed by atoms with E-state index in [0.29, 0.717) is 22.9 Å². The second-order valence-corrected chi connectivity index (χ2v) is 5.54. The Labute approximate surface area is 138 Å². The van der Waals surface area contributed by atoms with Crippen molar-refractivity contribution in [2.45, 2.75) is 6.92 Å². The summed E-state index contributed by atoms with van der Waals surface area (Å²) < 4.78 is 10.7. The van der Waals surface area contributed by atoms with Gasteiger partial charge in [0.1, 0.15) is 22.6 Å². The molecule has 0 fully saturated rings. The van der Waals surface area contributed by atoms with Gasteiger partial charge in [-0.25, -0.2) is 4.98 Å². The average Bonchev–Trinajstić information content (AvgIpc) is 3.25. The van der Waals surface area contributed by atoms with Gasteiger partial charge in [-0.05, 0) is 43.3 Å². The number of hydrogen-bond donors (Lipinski definition) is 0. The van der Waals surface area contributed by atoms with Crippen LogP contribution in [0.4, 0.5) is 0 Å². The highest BCUT2D eigenvalue weighted by Gasteiger charge is 2.10. The second kappa shape index (κ2) is 6.95. The SMILES string of the molecule is CCOc1ccc(-c2csc(/C(C#N)=C/c3ccco3)n2)cc1. The number of nitrogens with zero attached hydrogens (tertiary/aromatic N) is 2. The second-order valence-electron chi connectivity index (χ2n) is 4.68. The molecule has 4 nitrogen and oxygen atoms in total. The molecule has 0 radical (unpaired) electrons. The van der Waals surface area contributed by atoms with Crippen LogP contribution in [0, 0.1) is 11.3 Å². The molecule has 2 heterocycles. The van der Waals surface area contributed by atoms with Gasteiger partial charge in [0, 0.05) is 17.0 Å². The van der Waals surface area contributed by atoms with Gasteiger partial charge >= 0.3 is 0 Å². The standard InChI is InChI=1S/C18H14N2O2S/c1-2-21-15-7-5-13(6-8-15)17-12-23-18(20-17)14(11-19)10-16-4-3-9-22-16/h3-10,12H,2H2,1H3/b14-10+. The van der Waals surface area contributed by atoms with Crippen LogP contribution in [0.25, 0.3) is 22.9 Å². The summed E-state index contributed by atoms with van der Waals surface area (Å²) in [6, 6.07) is 13.5. The van der Waals surface area contributed by atoms with Crippen molar-refractivity contribution in [3.8, 4) is 23.1 Å². The van der Waals surface area contributed by atoms with Crippen LogP contribution in [0.15, 0.2) is 52.5 Å². The molecule has 0 aliphatic carbocycles. The van der Waals surface area contributed by atoms with Gasteiger partial charge < -0.3 is 9.15 Å². The zero-order valence-electron chi connectivity index (χ0n) is 12.5. The molecule has 0 N–H and O–H groups in total. The maximum atomic E-state index is 9.34. The van der Waals surface area contributed by atoms with Gasteiger partial charge in [0.15, 0.2) is 0 Å². The first-order valence-corrected chi connectivity index (χ1v) is 8.02. The third kappa shape index (κ3) is 3.50. The molecule has 0 unspecified atom stereocenters. The summed E-state index contributed by atoms with van der Waals surface area (Å²) in [5.41, 5.74) is 2.32. The summed E-state index contributed by atoms with van der Waals surface area (Å²) in [6.45, 7) is 2.60. The molecule has 1 aromatic carbocycles. The molecule has 3 rings (SSSR count). The Kier molecular flexibility index (Phi) is 4.55. The van der Waals surface area contributed by atoms with Crippen molar-refractivity contribution in [3.05, 3.63) is 58.8 Å². The monoisotopic (exact) mass is 322 g/mol. The fourth-order valence-electron chi connectivity index (χ4n) is 2.08. The van der Waals surface area contributed by atoms with Crippen molar-refractivity contribution in [3.63, 3.8) is 0 Å². The molecule has 0 saturated carbocycles. The Balaban J connectivity index is 1.86. The van der Waals surface area contributed by atoms with E-state index in [1.54, 1.807) is 24.5 Å². The quantitative estimate of drug-likeness (QED) is 0.629. The minimum atomic E-state index is 0.488. The van der Waals surface area contributed by atoms with Crippen LogP contribution in [0.2, 0.25) is 0 Å². The number of hydrogen-bond acceptors (Lipinski definition) is 5. The lowest BCUT2D eigenvalue weighted by Gasteiger charge is -2.03. The molecule has 0 aliphatic rings. The Morgan fingerprint density at radius 1 is 1.35 bits per heavy atom. The van der Waals surface area contributed by atoms with E-state index in [4.69, 9.17) is 9.15 Å². The van der Waals surface area contributed by atoms with Gasteiger partial charge in [-0.2, -0.15) is 5.26 Å². The smallest absolute Gasteiger partial charge is 0.134 e. The summed E-state index contributed by atoms with van der Waals surface area (Å²) in [7, 11) is 0. The molecule has 0 bridgehead atoms. The highest BCUT2D eigenvalue weighted by atomic mass is 32.1. The van der Waals surface area contributed by atoms with Gasteiger partial charge in [-0.15, -0.1) is 11.3 Å². The predicted octanol–water partition coefficient (Wildman–Crippen LogP) is 4.87. The molecule has 3 aromatic rings. The predicted molar refractivity (Wildman–Crippen MR) is 90.9 cm³/mol. The molecule has 114 valence electrons. The molecule has 2 aromatic heterocycles. The van der Waals surface area contributed by atoms with E-state index in [-0.39, 0.29) is 0 Å². The zero-order chi connectivity index (χ0) is 16.1. The topological polar surface area (TPSA) is 59.0 Å². The van der Waals surface area contributed by atoms with E-state index in [1.807, 2.05) is 36.6 Å². The Morgan fingerprint density at radius 2 is 2.17 bits per heavy atom. The number of thiazole rings is 1. The fourth-order valence-corrected chi connectivity index (χ4v) is 2.87. The normalized spacial score (nSPS) is 11.2. The highest BCUT2D eigenvalue weighted by Crippen LogP contribution is 2.28. The molecule has 0 saturated heterocycles. The first-order valence-electron chi connectivity index (χ1n) is 7.14. The number of rotatable bonds is 5. The number of nitriles is 1. The van der Waals surface area contributed by atoms with Crippen LogP contribution in [0.5, 0.6) is 5.75 Å². The van der Waals surface area contributed by atoms with Crippen molar-refractivity contribution in [1.82, 2.24) is 4.98 Å². The summed E-state index contributed by atoms with van der Waals surface area (Å²) in [5.74, 6) is 1.47. The molecule has 0 atom stereocenters. The molecule has 0 spiro atoms. The molecule has 0 aliphatic heterocycles. The number of allylic oxidation sites excluding steroid dienone is 1. The van der Waals surface area contributed by atoms with E-state index >= 15 is 0 Å². The van der Waals surface area contributed by atoms with Crippen LogP contribution in [0.3, 0.4) is 0 Å². The summed E-state index contributed by atoms with van der Waals surface area (Å²) >= 11 is 1.44. The molecular formula is C18H14N2O2S. The van der Waals surface area contributed by atoms with Gasteiger partial charge in [0.25, 0.3) is 0 Å². The maximum Gasteiger partial charge on any atom is 0.134 e. The van der Waals surface area contributed by atoms with Crippen molar-refractivity contribution in [2.24, 2.45) is 0 Å². The van der Waals surface area contributed by atoms with Crippen LogP contribution in [0.1, 0.15) is 17.7 Å². The van der Waals surface area contributed by atoms with E-state index in [9.17, 15) is 5.26 Å². The lowest BCUT2D eigenvalue weighted by Crippen LogP contribution is -1.90. The van der Waals surface area contributed by atoms with Crippen molar-refractivity contribution < 1.29 is 9.15 Å². The molecular weight excluding hydrogens is 308 g/mol. The Bertz CT molecular complexity index is 840. The van der Waals surface area contributed by atoms with Crippen molar-refractivity contribution in [1.29, 1.82) is 5.26 Å². The van der Waals surface area contributed by atoms with Gasteiger partial charge in [0.05, 0.1) is 24.1 Å². The van der Waals surface area contributed by atoms with Gasteiger partial charge in [-0.1, -0.05) is 0 Å². The lowest BCUT2D eigenvalue weighted by molar-refractivity contribution is 0.340. The van der Waals surface area contributed by atoms with Crippen molar-refractivity contribution >= 4 is 23.0 Å². The van der Waals surface area contributed by atoms with Crippen LogP contribution in [-0.4, -0.2) is 11.6 Å². The summed E-state index contributed by atoms with van der Waals surface area (Å²) in [5, 5.41) is 12.0. The third-order valence-corrected chi connectivity index (χ3v) is 4.02. The summed E-state index contributed by atoms with van der Waals surface area (Å²) in [6.07, 6.45) is 3.27. The minimum Gasteiger partial charge on any atom is -0.494 e. The highest BCUT2D eigenvalue weighted by molar-refractivity contribution is 7.11. The number of furan rings is 1. The van der Waals surface area contributed by atoms with E-state index in [2.05, 4.69) is 11.1 Å². The maximum absolute atomic E-state index is 9.34. The molecule has 0 amide bonds. The van der Waals surface area contributed by atoms with Crippen LogP contribution < -0.4 is 4.74 Å². The molecule has 23 heavy (non-hydrogen) atoms. The first kappa shape index (κ1) is 15.1. The number of benzene rings is 1. The Hall–Kier alpha value is -2.84. The van der Waals surface area contributed by atoms with Crippen molar-refractivity contribution in [2.75, 3.05) is 6.61 Å². The van der Waals surface area contributed by atoms with E-state index in [1.165, 1.54) is 11.3 Å². The number of ether oxygens (including phenoxy) is 1.